The van der Waals surface area contributed by atoms with E-state index in [0.29, 0.717) is 12.1 Å². The summed E-state index contributed by atoms with van der Waals surface area (Å²) in [6, 6.07) is 1.23. The van der Waals surface area contributed by atoms with E-state index in [4.69, 9.17) is 10.7 Å². The van der Waals surface area contributed by atoms with Crippen molar-refractivity contribution in [3.05, 3.63) is 0 Å². The third kappa shape index (κ3) is 5.27. The lowest BCUT2D eigenvalue weighted by molar-refractivity contribution is 0.171. The first-order chi connectivity index (χ1) is 9.67. The van der Waals surface area contributed by atoms with Crippen LogP contribution < -0.4 is 5.73 Å². The van der Waals surface area contributed by atoms with Gasteiger partial charge in [0, 0.05) is 19.1 Å². The molecule has 0 radical (unpaired) electrons. The van der Waals surface area contributed by atoms with Crippen LogP contribution in [0.2, 0.25) is 0 Å². The van der Waals surface area contributed by atoms with Gasteiger partial charge >= 0.3 is 0 Å². The molecule has 0 amide bonds. The minimum Gasteiger partial charge on any atom is -0.370 e. The van der Waals surface area contributed by atoms with Gasteiger partial charge in [-0.1, -0.05) is 26.7 Å². The van der Waals surface area contributed by atoms with E-state index in [9.17, 15) is 0 Å². The molecule has 2 aliphatic rings. The Hall–Kier alpha value is -0.0400. The molecule has 5 heteroatoms. The van der Waals surface area contributed by atoms with Crippen LogP contribution in [0.4, 0.5) is 0 Å². The molecule has 1 saturated carbocycles. The van der Waals surface area contributed by atoms with Crippen molar-refractivity contribution in [2.45, 2.75) is 64.5 Å². The van der Waals surface area contributed by atoms with Crippen LogP contribution in [-0.2, 0) is 0 Å². The maximum Gasteiger partial charge on any atom is 0.191 e. The molecule has 1 aliphatic carbocycles. The lowest BCUT2D eigenvalue weighted by atomic mass is 9.93. The van der Waals surface area contributed by atoms with E-state index in [1.165, 1.54) is 51.6 Å². The normalized spacial score (nSPS) is 21.4. The summed E-state index contributed by atoms with van der Waals surface area (Å²) in [4.78, 5) is 9.53. The lowest BCUT2D eigenvalue weighted by Crippen LogP contribution is -2.42. The molecule has 0 aromatic heterocycles. The third-order valence-electron chi connectivity index (χ3n) is 5.10. The molecule has 124 valence electrons. The van der Waals surface area contributed by atoms with Crippen molar-refractivity contribution in [2.75, 3.05) is 26.7 Å². The highest BCUT2D eigenvalue weighted by Crippen LogP contribution is 2.26. The Morgan fingerprint density at radius 3 is 2.29 bits per heavy atom. The van der Waals surface area contributed by atoms with Gasteiger partial charge < -0.3 is 10.6 Å². The van der Waals surface area contributed by atoms with Gasteiger partial charge in [0.2, 0.25) is 0 Å². The minimum absolute atomic E-state index is 0. The van der Waals surface area contributed by atoms with Gasteiger partial charge in [-0.25, -0.2) is 0 Å². The zero-order valence-corrected chi connectivity index (χ0v) is 16.3. The number of aliphatic imine (C=N–C) groups is 1. The van der Waals surface area contributed by atoms with Gasteiger partial charge in [-0.15, -0.1) is 24.0 Å². The summed E-state index contributed by atoms with van der Waals surface area (Å²) >= 11 is 0. The quantitative estimate of drug-likeness (QED) is 0.400. The van der Waals surface area contributed by atoms with Crippen molar-refractivity contribution < 1.29 is 0 Å². The van der Waals surface area contributed by atoms with Crippen LogP contribution in [0.3, 0.4) is 0 Å². The van der Waals surface area contributed by atoms with Crippen LogP contribution in [0.5, 0.6) is 0 Å². The van der Waals surface area contributed by atoms with Gasteiger partial charge in [-0.05, 0) is 44.7 Å². The summed E-state index contributed by atoms with van der Waals surface area (Å²) in [7, 11) is 2.08. The largest absolute Gasteiger partial charge is 0.370 e. The van der Waals surface area contributed by atoms with E-state index in [0.717, 1.165) is 18.4 Å². The molecule has 4 nitrogen and oxygen atoms in total. The fraction of sp³-hybridized carbons (Fsp3) is 0.938. The maximum absolute atomic E-state index is 6.15. The van der Waals surface area contributed by atoms with E-state index in [1.807, 2.05) is 0 Å². The first kappa shape index (κ1) is 19.0. The minimum atomic E-state index is 0. The number of hydrogen-bond acceptors (Lipinski definition) is 2. The van der Waals surface area contributed by atoms with Crippen molar-refractivity contribution in [1.82, 2.24) is 9.80 Å². The van der Waals surface area contributed by atoms with Gasteiger partial charge in [-0.2, -0.15) is 0 Å². The Bertz CT molecular complexity index is 318. The van der Waals surface area contributed by atoms with Crippen LogP contribution >= 0.6 is 24.0 Å². The Morgan fingerprint density at radius 1 is 1.24 bits per heavy atom. The topological polar surface area (TPSA) is 44.9 Å². The summed E-state index contributed by atoms with van der Waals surface area (Å²) in [6.07, 6.45) is 7.72. The Labute approximate surface area is 147 Å². The van der Waals surface area contributed by atoms with E-state index >= 15 is 0 Å². The maximum atomic E-state index is 6.15. The van der Waals surface area contributed by atoms with Crippen molar-refractivity contribution in [3.63, 3.8) is 0 Å². The number of hydrogen-bond donors (Lipinski definition) is 1. The summed E-state index contributed by atoms with van der Waals surface area (Å²) in [5, 5.41) is 0. The van der Waals surface area contributed by atoms with Crippen LogP contribution in [0, 0.1) is 5.92 Å². The highest BCUT2D eigenvalue weighted by atomic mass is 127. The van der Waals surface area contributed by atoms with E-state index < -0.39 is 0 Å². The summed E-state index contributed by atoms with van der Waals surface area (Å²) < 4.78 is 0. The van der Waals surface area contributed by atoms with Gasteiger partial charge in [0.1, 0.15) is 0 Å². The highest BCUT2D eigenvalue weighted by Gasteiger charge is 2.29. The second-order valence-corrected chi connectivity index (χ2v) is 6.43. The third-order valence-corrected chi connectivity index (χ3v) is 5.10. The summed E-state index contributed by atoms with van der Waals surface area (Å²) in [6.45, 7) is 7.97. The average molecular weight is 408 g/mol. The van der Waals surface area contributed by atoms with Crippen molar-refractivity contribution in [2.24, 2.45) is 16.6 Å². The molecular formula is C16H33IN4. The van der Waals surface area contributed by atoms with Crippen LogP contribution in [0.1, 0.15) is 52.4 Å². The molecule has 0 bridgehead atoms. The zero-order valence-electron chi connectivity index (χ0n) is 13.9. The van der Waals surface area contributed by atoms with Crippen molar-refractivity contribution in [3.8, 4) is 0 Å². The Balaban J connectivity index is 0.00000220. The molecule has 2 fully saturated rings. The number of likely N-dealkylation sites (tertiary alicyclic amines) is 1. The van der Waals surface area contributed by atoms with E-state index in [1.54, 1.807) is 0 Å². The Morgan fingerprint density at radius 2 is 1.81 bits per heavy atom. The predicted molar refractivity (Wildman–Crippen MR) is 101 cm³/mol. The Kier molecular flexibility index (Phi) is 8.31. The number of guanidine groups is 1. The monoisotopic (exact) mass is 408 g/mol. The molecule has 0 aromatic rings. The van der Waals surface area contributed by atoms with E-state index in [-0.39, 0.29) is 24.0 Å². The molecule has 0 spiro atoms. The molecule has 1 atom stereocenters. The molecule has 2 rings (SSSR count). The lowest BCUT2D eigenvalue weighted by Gasteiger charge is -2.33. The second kappa shape index (κ2) is 9.18. The predicted octanol–water partition coefficient (Wildman–Crippen LogP) is 2.91. The molecule has 0 aromatic carbocycles. The smallest absolute Gasteiger partial charge is 0.191 e. The molecule has 1 unspecified atom stereocenters. The van der Waals surface area contributed by atoms with Gasteiger partial charge in [0.15, 0.2) is 5.96 Å². The van der Waals surface area contributed by atoms with Crippen LogP contribution in [0.15, 0.2) is 4.99 Å². The van der Waals surface area contributed by atoms with Crippen molar-refractivity contribution in [1.29, 1.82) is 0 Å². The average Bonchev–Trinajstić information content (AvgIpc) is 3.18. The highest BCUT2D eigenvalue weighted by molar-refractivity contribution is 14.0. The number of rotatable bonds is 7. The standard InChI is InChI=1S/C16H32N4.HI/c1-4-13(5-2)15(20-10-6-7-11-20)12-18-16(17)19(3)14-8-9-14;/h13-15H,4-12H2,1-3H3,(H2,17,18);1H. The fourth-order valence-electron chi connectivity index (χ4n) is 3.42. The first-order valence-corrected chi connectivity index (χ1v) is 8.44. The SMILES string of the molecule is CCC(CC)C(CN=C(N)N(C)C1CC1)N1CCCC1.I. The molecule has 1 saturated heterocycles. The number of halogens is 1. The zero-order chi connectivity index (χ0) is 14.5. The summed E-state index contributed by atoms with van der Waals surface area (Å²) in [5.41, 5.74) is 6.15. The number of nitrogens with zero attached hydrogens (tertiary/aromatic N) is 3. The molecule has 2 N–H and O–H groups in total. The second-order valence-electron chi connectivity index (χ2n) is 6.43. The van der Waals surface area contributed by atoms with Gasteiger partial charge in [0.25, 0.3) is 0 Å². The van der Waals surface area contributed by atoms with Crippen molar-refractivity contribution >= 4 is 29.9 Å². The molecule has 1 heterocycles. The van der Waals surface area contributed by atoms with Gasteiger partial charge in [-0.3, -0.25) is 9.89 Å². The number of nitrogens with two attached hydrogens (primary N) is 1. The summed E-state index contributed by atoms with van der Waals surface area (Å²) in [5.74, 6) is 1.48. The first-order valence-electron chi connectivity index (χ1n) is 8.44. The van der Waals surface area contributed by atoms with Crippen LogP contribution in [0.25, 0.3) is 0 Å². The van der Waals surface area contributed by atoms with Crippen LogP contribution in [-0.4, -0.2) is 54.5 Å². The molecule has 21 heavy (non-hydrogen) atoms. The molecular weight excluding hydrogens is 375 g/mol. The fourth-order valence-corrected chi connectivity index (χ4v) is 3.42. The van der Waals surface area contributed by atoms with E-state index in [2.05, 4.69) is 30.7 Å². The molecule has 1 aliphatic heterocycles. The van der Waals surface area contributed by atoms with Gasteiger partial charge in [0.05, 0.1) is 6.54 Å².